The van der Waals surface area contributed by atoms with Crippen molar-refractivity contribution in [2.45, 2.75) is 40.0 Å². The van der Waals surface area contributed by atoms with E-state index in [0.717, 1.165) is 53.5 Å². The minimum absolute atomic E-state index is 0.576. The Labute approximate surface area is 155 Å². The second kappa shape index (κ2) is 10.3. The molecule has 138 valence electrons. The van der Waals surface area contributed by atoms with Crippen molar-refractivity contribution in [1.82, 2.24) is 9.97 Å². The van der Waals surface area contributed by atoms with E-state index in [1.807, 2.05) is 57.2 Å². The molecule has 0 aliphatic rings. The van der Waals surface area contributed by atoms with E-state index in [4.69, 9.17) is 9.68 Å². The smallest absolute Gasteiger partial charge is 0.117 e. The fourth-order valence-corrected chi connectivity index (χ4v) is 2.41. The van der Waals surface area contributed by atoms with Crippen LogP contribution in [0.4, 0.5) is 0 Å². The molecule has 6 nitrogen and oxygen atoms in total. The second-order valence-electron chi connectivity index (χ2n) is 6.00. The van der Waals surface area contributed by atoms with Crippen LogP contribution in [0.1, 0.15) is 49.5 Å². The zero-order valence-corrected chi connectivity index (χ0v) is 15.9. The van der Waals surface area contributed by atoms with Gasteiger partial charge in [0.2, 0.25) is 0 Å². The molecule has 0 aliphatic carbocycles. The number of hydrogen-bond donors (Lipinski definition) is 0. The molecule has 0 unspecified atom stereocenters. The molecule has 0 aliphatic heterocycles. The molecule has 0 fully saturated rings. The molecule has 6 heteroatoms. The summed E-state index contributed by atoms with van der Waals surface area (Å²) < 4.78 is 0. The summed E-state index contributed by atoms with van der Waals surface area (Å²) in [6, 6.07) is 11.8. The molecule has 2 aromatic heterocycles. The Morgan fingerprint density at radius 2 is 1.62 bits per heavy atom. The fourth-order valence-electron chi connectivity index (χ4n) is 2.41. The minimum atomic E-state index is 0.576. The molecule has 0 spiro atoms. The predicted octanol–water partition coefficient (Wildman–Crippen LogP) is 3.92. The standard InChI is InChI=1S/C20H26N4O2/c1-15-9-7-12-19(21-15)17(3)24-26-14-6-5-10-18-11-8-13-20(22-18)16(2)23-25-4/h7-9,11-13H,5-6,10,14H2,1-4H3. The molecule has 0 aromatic carbocycles. The highest BCUT2D eigenvalue weighted by Crippen LogP contribution is 2.06. The molecule has 0 N–H and O–H groups in total. The van der Waals surface area contributed by atoms with E-state index in [1.165, 1.54) is 7.11 Å². The molecule has 0 saturated heterocycles. The lowest BCUT2D eigenvalue weighted by Gasteiger charge is -2.05. The Balaban J connectivity index is 1.75. The molecule has 2 aromatic rings. The highest BCUT2D eigenvalue weighted by Gasteiger charge is 2.03. The third-order valence-electron chi connectivity index (χ3n) is 3.78. The first-order chi connectivity index (χ1) is 12.6. The van der Waals surface area contributed by atoms with Crippen molar-refractivity contribution in [3.05, 3.63) is 59.2 Å². The Hall–Kier alpha value is -2.76. The van der Waals surface area contributed by atoms with Gasteiger partial charge in [-0.25, -0.2) is 0 Å². The molecule has 0 atom stereocenters. The number of unbranched alkanes of at least 4 members (excludes halogenated alkanes) is 1. The van der Waals surface area contributed by atoms with Crippen molar-refractivity contribution >= 4 is 11.4 Å². The van der Waals surface area contributed by atoms with Gasteiger partial charge in [0.25, 0.3) is 0 Å². The maximum Gasteiger partial charge on any atom is 0.117 e. The van der Waals surface area contributed by atoms with Gasteiger partial charge in [-0.05, 0) is 64.3 Å². The summed E-state index contributed by atoms with van der Waals surface area (Å²) in [4.78, 5) is 19.2. The van der Waals surface area contributed by atoms with Crippen LogP contribution >= 0.6 is 0 Å². The average Bonchev–Trinajstić information content (AvgIpc) is 2.65. The Kier molecular flexibility index (Phi) is 7.74. The van der Waals surface area contributed by atoms with Crippen LogP contribution < -0.4 is 0 Å². The van der Waals surface area contributed by atoms with Crippen molar-refractivity contribution in [1.29, 1.82) is 0 Å². The number of nitrogens with zero attached hydrogens (tertiary/aromatic N) is 4. The van der Waals surface area contributed by atoms with Crippen LogP contribution in [0.5, 0.6) is 0 Å². The molecule has 0 radical (unpaired) electrons. The fraction of sp³-hybridized carbons (Fsp3) is 0.400. The summed E-state index contributed by atoms with van der Waals surface area (Å²) in [5.74, 6) is 0. The number of pyridine rings is 2. The molecule has 0 saturated carbocycles. The van der Waals surface area contributed by atoms with Crippen LogP contribution in [0.15, 0.2) is 46.7 Å². The zero-order valence-electron chi connectivity index (χ0n) is 15.9. The van der Waals surface area contributed by atoms with Crippen molar-refractivity contribution in [2.75, 3.05) is 13.7 Å². The predicted molar refractivity (Wildman–Crippen MR) is 104 cm³/mol. The molecular formula is C20H26N4O2. The van der Waals surface area contributed by atoms with Gasteiger partial charge in [0.15, 0.2) is 0 Å². The second-order valence-corrected chi connectivity index (χ2v) is 6.00. The first kappa shape index (κ1) is 19.6. The summed E-state index contributed by atoms with van der Waals surface area (Å²) in [5.41, 5.74) is 5.25. The van der Waals surface area contributed by atoms with Crippen molar-refractivity contribution < 1.29 is 9.68 Å². The minimum Gasteiger partial charge on any atom is -0.399 e. The summed E-state index contributed by atoms with van der Waals surface area (Å²) in [7, 11) is 1.53. The van der Waals surface area contributed by atoms with Gasteiger partial charge in [-0.15, -0.1) is 0 Å². The van der Waals surface area contributed by atoms with Gasteiger partial charge in [0.05, 0.1) is 11.4 Å². The van der Waals surface area contributed by atoms with Gasteiger partial charge in [0, 0.05) is 11.4 Å². The lowest BCUT2D eigenvalue weighted by Crippen LogP contribution is -2.03. The highest BCUT2D eigenvalue weighted by molar-refractivity contribution is 5.96. The number of hydrogen-bond acceptors (Lipinski definition) is 6. The van der Waals surface area contributed by atoms with E-state index >= 15 is 0 Å². The lowest BCUT2D eigenvalue weighted by molar-refractivity contribution is 0.140. The van der Waals surface area contributed by atoms with E-state index in [9.17, 15) is 0 Å². The SMILES string of the molecule is CON=C(C)c1cccc(CCCCON=C(C)c2cccc(C)n2)n1. The number of aryl methyl sites for hydroxylation is 2. The number of aromatic nitrogens is 2. The topological polar surface area (TPSA) is 69.0 Å². The van der Waals surface area contributed by atoms with Gasteiger partial charge in [-0.1, -0.05) is 22.4 Å². The van der Waals surface area contributed by atoms with Crippen LogP contribution in [-0.4, -0.2) is 35.1 Å². The molecule has 2 heterocycles. The Morgan fingerprint density at radius 3 is 2.35 bits per heavy atom. The first-order valence-corrected chi connectivity index (χ1v) is 8.75. The van der Waals surface area contributed by atoms with Gasteiger partial charge in [-0.2, -0.15) is 0 Å². The van der Waals surface area contributed by atoms with Crippen molar-refractivity contribution in [2.24, 2.45) is 10.3 Å². The molecule has 26 heavy (non-hydrogen) atoms. The third kappa shape index (κ3) is 6.27. The first-order valence-electron chi connectivity index (χ1n) is 8.75. The van der Waals surface area contributed by atoms with Gasteiger partial charge in [-0.3, -0.25) is 9.97 Å². The molecule has 0 bridgehead atoms. The summed E-state index contributed by atoms with van der Waals surface area (Å²) in [5, 5.41) is 8.06. The van der Waals surface area contributed by atoms with Crippen LogP contribution in [0.25, 0.3) is 0 Å². The largest absolute Gasteiger partial charge is 0.399 e. The Bertz CT molecular complexity index is 772. The van der Waals surface area contributed by atoms with E-state index in [-0.39, 0.29) is 0 Å². The van der Waals surface area contributed by atoms with Crippen LogP contribution in [-0.2, 0) is 16.1 Å². The third-order valence-corrected chi connectivity index (χ3v) is 3.78. The average molecular weight is 354 g/mol. The monoisotopic (exact) mass is 354 g/mol. The summed E-state index contributed by atoms with van der Waals surface area (Å²) in [6.45, 7) is 6.32. The number of rotatable bonds is 9. The van der Waals surface area contributed by atoms with Crippen LogP contribution in [0.3, 0.4) is 0 Å². The van der Waals surface area contributed by atoms with E-state index in [2.05, 4.69) is 20.3 Å². The van der Waals surface area contributed by atoms with E-state index in [1.54, 1.807) is 0 Å². The number of oxime groups is 2. The van der Waals surface area contributed by atoms with Crippen LogP contribution in [0, 0.1) is 6.92 Å². The molecular weight excluding hydrogens is 328 g/mol. The molecule has 0 amide bonds. The summed E-state index contributed by atoms with van der Waals surface area (Å²) >= 11 is 0. The highest BCUT2D eigenvalue weighted by atomic mass is 16.6. The van der Waals surface area contributed by atoms with Gasteiger partial charge in [0.1, 0.15) is 25.1 Å². The Morgan fingerprint density at radius 1 is 0.923 bits per heavy atom. The van der Waals surface area contributed by atoms with E-state index < -0.39 is 0 Å². The van der Waals surface area contributed by atoms with Crippen molar-refractivity contribution in [3.8, 4) is 0 Å². The maximum atomic E-state index is 5.41. The van der Waals surface area contributed by atoms with E-state index in [0.29, 0.717) is 6.61 Å². The van der Waals surface area contributed by atoms with Gasteiger partial charge >= 0.3 is 0 Å². The quantitative estimate of drug-likeness (QED) is 0.389. The van der Waals surface area contributed by atoms with Crippen molar-refractivity contribution in [3.63, 3.8) is 0 Å². The molecule has 2 rings (SSSR count). The zero-order chi connectivity index (χ0) is 18.8. The maximum absolute atomic E-state index is 5.41. The van der Waals surface area contributed by atoms with Crippen LogP contribution in [0.2, 0.25) is 0 Å². The lowest BCUT2D eigenvalue weighted by atomic mass is 10.1. The normalized spacial score (nSPS) is 12.2. The van der Waals surface area contributed by atoms with Gasteiger partial charge < -0.3 is 9.68 Å². The summed E-state index contributed by atoms with van der Waals surface area (Å²) in [6.07, 6.45) is 2.78.